The third-order valence-corrected chi connectivity index (χ3v) is 4.97. The summed E-state index contributed by atoms with van der Waals surface area (Å²) < 4.78 is 0. The summed E-state index contributed by atoms with van der Waals surface area (Å²) in [5, 5.41) is 14.4. The number of nitrogens with zero attached hydrogens (tertiary/aromatic N) is 4. The van der Waals surface area contributed by atoms with Crippen molar-refractivity contribution in [3.63, 3.8) is 0 Å². The molecule has 0 radical (unpaired) electrons. The van der Waals surface area contributed by atoms with E-state index in [0.717, 1.165) is 24.5 Å². The molecule has 2 N–H and O–H groups in total. The molecular formula is C23H22N6O. The molecule has 2 aromatic carbocycles. The van der Waals surface area contributed by atoms with Crippen molar-refractivity contribution in [1.82, 2.24) is 9.97 Å². The number of hydrogen-bond acceptors (Lipinski definition) is 5. The van der Waals surface area contributed by atoms with Crippen LogP contribution in [0, 0.1) is 11.3 Å². The Kier molecular flexibility index (Phi) is 5.85. The largest absolute Gasteiger partial charge is 0.357 e. The highest BCUT2D eigenvalue weighted by Crippen LogP contribution is 2.23. The minimum atomic E-state index is -0.361. The van der Waals surface area contributed by atoms with E-state index in [-0.39, 0.29) is 6.03 Å². The van der Waals surface area contributed by atoms with Crippen LogP contribution in [0.15, 0.2) is 60.8 Å². The van der Waals surface area contributed by atoms with Crippen LogP contribution < -0.4 is 15.5 Å². The highest BCUT2D eigenvalue weighted by Gasteiger charge is 2.13. The summed E-state index contributed by atoms with van der Waals surface area (Å²) in [5.41, 5.74) is 2.64. The molecule has 1 aliphatic heterocycles. The van der Waals surface area contributed by atoms with E-state index >= 15 is 0 Å². The van der Waals surface area contributed by atoms with E-state index in [0.29, 0.717) is 22.8 Å². The van der Waals surface area contributed by atoms with Gasteiger partial charge in [-0.3, -0.25) is 0 Å². The summed E-state index contributed by atoms with van der Waals surface area (Å²) in [4.78, 5) is 23.8. The van der Waals surface area contributed by atoms with E-state index in [1.807, 2.05) is 30.3 Å². The molecule has 2 amide bonds. The normalized spacial score (nSPS) is 13.4. The third-order valence-electron chi connectivity index (χ3n) is 4.97. The van der Waals surface area contributed by atoms with Gasteiger partial charge in [0.2, 0.25) is 0 Å². The van der Waals surface area contributed by atoms with E-state index < -0.39 is 0 Å². The molecule has 0 bridgehead atoms. The standard InChI is InChI=1S/C23H22N6O/c24-16-17-7-9-19(10-8-17)26-23(30)27-20-6-4-5-18(15-20)22-25-12-11-21(28-22)29-13-2-1-3-14-29/h4-12,15H,1-3,13-14H2,(H2,26,27,30). The monoisotopic (exact) mass is 398 g/mol. The Hall–Kier alpha value is -3.92. The van der Waals surface area contributed by atoms with Crippen LogP contribution in [-0.2, 0) is 0 Å². The molecule has 1 aliphatic rings. The number of carbonyl (C=O) groups excluding carboxylic acids is 1. The van der Waals surface area contributed by atoms with Crippen LogP contribution in [0.2, 0.25) is 0 Å². The number of urea groups is 1. The second-order valence-corrected chi connectivity index (χ2v) is 7.14. The van der Waals surface area contributed by atoms with Crippen LogP contribution >= 0.6 is 0 Å². The van der Waals surface area contributed by atoms with Crippen LogP contribution in [0.1, 0.15) is 24.8 Å². The lowest BCUT2D eigenvalue weighted by Crippen LogP contribution is -2.30. The summed E-state index contributed by atoms with van der Waals surface area (Å²) >= 11 is 0. The first-order valence-electron chi connectivity index (χ1n) is 9.98. The number of amides is 2. The van der Waals surface area contributed by atoms with E-state index in [4.69, 9.17) is 10.2 Å². The van der Waals surface area contributed by atoms with Crippen molar-refractivity contribution in [2.24, 2.45) is 0 Å². The number of hydrogen-bond donors (Lipinski definition) is 2. The van der Waals surface area contributed by atoms with Gasteiger partial charge in [0, 0.05) is 36.2 Å². The fourth-order valence-electron chi connectivity index (χ4n) is 3.44. The number of nitriles is 1. The Labute approximate surface area is 175 Å². The molecule has 7 heteroatoms. The van der Waals surface area contributed by atoms with Gasteiger partial charge in [0.25, 0.3) is 0 Å². The fourth-order valence-corrected chi connectivity index (χ4v) is 3.44. The van der Waals surface area contributed by atoms with Gasteiger partial charge in [-0.15, -0.1) is 0 Å². The molecule has 30 heavy (non-hydrogen) atoms. The van der Waals surface area contributed by atoms with Gasteiger partial charge in [-0.05, 0) is 61.7 Å². The van der Waals surface area contributed by atoms with Gasteiger partial charge < -0.3 is 15.5 Å². The zero-order valence-corrected chi connectivity index (χ0v) is 16.5. The lowest BCUT2D eigenvalue weighted by molar-refractivity contribution is 0.262. The summed E-state index contributed by atoms with van der Waals surface area (Å²) in [5.74, 6) is 1.57. The molecule has 7 nitrogen and oxygen atoms in total. The van der Waals surface area contributed by atoms with Gasteiger partial charge in [0.1, 0.15) is 5.82 Å². The molecule has 4 rings (SSSR count). The second-order valence-electron chi connectivity index (χ2n) is 7.14. The number of nitrogens with one attached hydrogen (secondary N) is 2. The molecule has 1 saturated heterocycles. The Balaban J connectivity index is 1.46. The maximum absolute atomic E-state index is 12.3. The number of aromatic nitrogens is 2. The van der Waals surface area contributed by atoms with Crippen LogP contribution in [-0.4, -0.2) is 29.1 Å². The molecule has 0 spiro atoms. The van der Waals surface area contributed by atoms with Crippen molar-refractivity contribution in [3.8, 4) is 17.5 Å². The van der Waals surface area contributed by atoms with Crippen molar-refractivity contribution in [3.05, 3.63) is 66.4 Å². The predicted molar refractivity (Wildman–Crippen MR) is 117 cm³/mol. The van der Waals surface area contributed by atoms with Gasteiger partial charge in [0.15, 0.2) is 5.82 Å². The van der Waals surface area contributed by atoms with Gasteiger partial charge in [-0.25, -0.2) is 14.8 Å². The molecule has 3 aromatic rings. The second kappa shape index (κ2) is 9.05. The number of piperidine rings is 1. The van der Waals surface area contributed by atoms with Crippen molar-refractivity contribution >= 4 is 23.2 Å². The maximum atomic E-state index is 12.3. The smallest absolute Gasteiger partial charge is 0.323 e. The first-order valence-corrected chi connectivity index (χ1v) is 9.98. The number of benzene rings is 2. The van der Waals surface area contributed by atoms with Crippen LogP contribution in [0.4, 0.5) is 22.0 Å². The molecule has 0 unspecified atom stereocenters. The zero-order valence-electron chi connectivity index (χ0n) is 16.5. The molecule has 0 saturated carbocycles. The van der Waals surface area contributed by atoms with Crippen molar-refractivity contribution < 1.29 is 4.79 Å². The Morgan fingerprint density at radius 3 is 2.50 bits per heavy atom. The van der Waals surface area contributed by atoms with E-state index in [2.05, 4.69) is 26.6 Å². The SMILES string of the molecule is N#Cc1ccc(NC(=O)Nc2cccc(-c3nccc(N4CCCCC4)n3)c2)cc1. The topological polar surface area (TPSA) is 93.9 Å². The summed E-state index contributed by atoms with van der Waals surface area (Å²) in [6.07, 6.45) is 5.43. The first-order chi connectivity index (χ1) is 14.7. The van der Waals surface area contributed by atoms with Gasteiger partial charge >= 0.3 is 6.03 Å². The average molecular weight is 398 g/mol. The Morgan fingerprint density at radius 2 is 1.73 bits per heavy atom. The lowest BCUT2D eigenvalue weighted by Gasteiger charge is -2.27. The van der Waals surface area contributed by atoms with Crippen molar-refractivity contribution in [2.45, 2.75) is 19.3 Å². The highest BCUT2D eigenvalue weighted by atomic mass is 16.2. The lowest BCUT2D eigenvalue weighted by atomic mass is 10.1. The Bertz CT molecular complexity index is 1070. The third kappa shape index (κ3) is 4.73. The number of carbonyl (C=O) groups is 1. The van der Waals surface area contributed by atoms with Crippen molar-refractivity contribution in [2.75, 3.05) is 28.6 Å². The summed E-state index contributed by atoms with van der Waals surface area (Å²) in [6.45, 7) is 2.04. The molecular weight excluding hydrogens is 376 g/mol. The molecule has 0 aliphatic carbocycles. The molecule has 1 aromatic heterocycles. The van der Waals surface area contributed by atoms with E-state index in [1.165, 1.54) is 19.3 Å². The van der Waals surface area contributed by atoms with Gasteiger partial charge in [0.05, 0.1) is 11.6 Å². The van der Waals surface area contributed by atoms with E-state index in [1.54, 1.807) is 30.5 Å². The zero-order chi connectivity index (χ0) is 20.8. The minimum absolute atomic E-state index is 0.361. The fraction of sp³-hybridized carbons (Fsp3) is 0.217. The highest BCUT2D eigenvalue weighted by molar-refractivity contribution is 6.00. The maximum Gasteiger partial charge on any atom is 0.323 e. The summed E-state index contributed by atoms with van der Waals surface area (Å²) in [6, 6.07) is 17.8. The van der Waals surface area contributed by atoms with E-state index in [9.17, 15) is 4.79 Å². The molecule has 2 heterocycles. The minimum Gasteiger partial charge on any atom is -0.357 e. The molecule has 1 fully saturated rings. The predicted octanol–water partition coefficient (Wildman–Crippen LogP) is 4.65. The van der Waals surface area contributed by atoms with Crippen LogP contribution in [0.5, 0.6) is 0 Å². The van der Waals surface area contributed by atoms with Crippen LogP contribution in [0.3, 0.4) is 0 Å². The number of anilines is 3. The van der Waals surface area contributed by atoms with Crippen molar-refractivity contribution in [1.29, 1.82) is 5.26 Å². The van der Waals surface area contributed by atoms with Crippen LogP contribution in [0.25, 0.3) is 11.4 Å². The average Bonchev–Trinajstić information content (AvgIpc) is 2.80. The van der Waals surface area contributed by atoms with Gasteiger partial charge in [-0.2, -0.15) is 5.26 Å². The summed E-state index contributed by atoms with van der Waals surface area (Å²) in [7, 11) is 0. The number of rotatable bonds is 4. The molecule has 150 valence electrons. The quantitative estimate of drug-likeness (QED) is 0.667. The molecule has 0 atom stereocenters. The Morgan fingerprint density at radius 1 is 0.967 bits per heavy atom. The van der Waals surface area contributed by atoms with Gasteiger partial charge in [-0.1, -0.05) is 12.1 Å². The first kappa shape index (κ1) is 19.4.